The van der Waals surface area contributed by atoms with Gasteiger partial charge in [0.2, 0.25) is 0 Å². The molecule has 0 atom stereocenters. The molecule has 0 bridgehead atoms. The lowest BCUT2D eigenvalue weighted by Crippen LogP contribution is -2.34. The van der Waals surface area contributed by atoms with Crippen LogP contribution < -0.4 is 9.80 Å². The fraction of sp³-hybridized carbons (Fsp3) is 0.529. The van der Waals surface area contributed by atoms with Crippen molar-refractivity contribution in [3.63, 3.8) is 0 Å². The molecule has 0 unspecified atom stereocenters. The van der Waals surface area contributed by atoms with Crippen molar-refractivity contribution >= 4 is 11.6 Å². The minimum atomic E-state index is 0.397. The fourth-order valence-corrected chi connectivity index (χ4v) is 3.41. The third-order valence-electron chi connectivity index (χ3n) is 5.02. The minimum Gasteiger partial charge on any atom is -0.361 e. The second-order valence-corrected chi connectivity index (χ2v) is 7.02. The molecule has 142 valence electrons. The molecule has 10 nitrogen and oxygen atoms in total. The summed E-state index contributed by atoms with van der Waals surface area (Å²) >= 11 is 0. The summed E-state index contributed by atoms with van der Waals surface area (Å²) in [6.45, 7) is 2.44. The maximum absolute atomic E-state index is 4.70. The van der Waals surface area contributed by atoms with Gasteiger partial charge in [-0.15, -0.1) is 10.2 Å². The molecule has 3 aromatic heterocycles. The van der Waals surface area contributed by atoms with Crippen LogP contribution in [0.2, 0.25) is 0 Å². The summed E-state index contributed by atoms with van der Waals surface area (Å²) in [5.41, 5.74) is 0. The minimum absolute atomic E-state index is 0.397. The molecule has 1 aliphatic heterocycles. The van der Waals surface area contributed by atoms with Crippen molar-refractivity contribution in [3.8, 4) is 0 Å². The zero-order valence-corrected chi connectivity index (χ0v) is 15.9. The SMILES string of the molecule is CN(C)c1cncc(N2CCC(c3nnc(Cn4cncn4)n3C)CC2)n1. The summed E-state index contributed by atoms with van der Waals surface area (Å²) in [6, 6.07) is 0. The Morgan fingerprint density at radius 3 is 2.63 bits per heavy atom. The third-order valence-corrected chi connectivity index (χ3v) is 5.02. The summed E-state index contributed by atoms with van der Waals surface area (Å²) in [6.07, 6.45) is 8.88. The Bertz CT molecular complexity index is 877. The van der Waals surface area contributed by atoms with E-state index in [0.29, 0.717) is 12.5 Å². The van der Waals surface area contributed by atoms with Gasteiger partial charge in [0, 0.05) is 40.2 Å². The number of hydrogen-bond acceptors (Lipinski definition) is 8. The fourth-order valence-electron chi connectivity index (χ4n) is 3.41. The van der Waals surface area contributed by atoms with Crippen LogP contribution in [0.3, 0.4) is 0 Å². The first-order chi connectivity index (χ1) is 13.1. The van der Waals surface area contributed by atoms with Gasteiger partial charge in [0.05, 0.1) is 12.4 Å². The molecule has 0 saturated carbocycles. The van der Waals surface area contributed by atoms with Gasteiger partial charge in [0.15, 0.2) is 5.82 Å². The van der Waals surface area contributed by atoms with Gasteiger partial charge in [-0.1, -0.05) is 0 Å². The summed E-state index contributed by atoms with van der Waals surface area (Å²) < 4.78 is 3.85. The molecule has 0 spiro atoms. The molecular weight excluding hydrogens is 344 g/mol. The van der Waals surface area contributed by atoms with Crippen LogP contribution in [0.5, 0.6) is 0 Å². The molecule has 1 fully saturated rings. The van der Waals surface area contributed by atoms with Crippen molar-refractivity contribution in [2.45, 2.75) is 25.3 Å². The second kappa shape index (κ2) is 7.29. The standard InChI is InChI=1S/C17H24N10/c1-24(2)14-8-18-9-15(21-14)26-6-4-13(5-7-26)17-23-22-16(25(17)3)10-27-12-19-11-20-27/h8-9,11-13H,4-7,10H2,1-3H3. The summed E-state index contributed by atoms with van der Waals surface area (Å²) in [5.74, 6) is 4.14. The van der Waals surface area contributed by atoms with Crippen LogP contribution in [0, 0.1) is 0 Å². The van der Waals surface area contributed by atoms with Gasteiger partial charge < -0.3 is 14.4 Å². The van der Waals surface area contributed by atoms with E-state index in [1.165, 1.54) is 6.33 Å². The molecule has 0 radical (unpaired) electrons. The first-order valence-electron chi connectivity index (χ1n) is 9.06. The molecule has 0 aliphatic carbocycles. The van der Waals surface area contributed by atoms with E-state index in [-0.39, 0.29) is 0 Å². The van der Waals surface area contributed by atoms with Crippen molar-refractivity contribution < 1.29 is 0 Å². The van der Waals surface area contributed by atoms with Gasteiger partial charge in [-0.3, -0.25) is 4.98 Å². The lowest BCUT2D eigenvalue weighted by atomic mass is 9.96. The van der Waals surface area contributed by atoms with Gasteiger partial charge in [-0.05, 0) is 12.8 Å². The Morgan fingerprint density at radius 2 is 1.93 bits per heavy atom. The van der Waals surface area contributed by atoms with Crippen LogP contribution >= 0.6 is 0 Å². The highest BCUT2D eigenvalue weighted by molar-refractivity contribution is 5.45. The van der Waals surface area contributed by atoms with Crippen LogP contribution in [-0.2, 0) is 13.6 Å². The zero-order valence-electron chi connectivity index (χ0n) is 15.9. The van der Waals surface area contributed by atoms with Crippen LogP contribution in [-0.4, -0.2) is 66.7 Å². The number of hydrogen-bond donors (Lipinski definition) is 0. The number of rotatable bonds is 5. The Balaban J connectivity index is 1.42. The van der Waals surface area contributed by atoms with Crippen molar-refractivity contribution in [1.82, 2.24) is 39.5 Å². The first kappa shape index (κ1) is 17.4. The Labute approximate surface area is 157 Å². The van der Waals surface area contributed by atoms with Crippen molar-refractivity contribution in [1.29, 1.82) is 0 Å². The van der Waals surface area contributed by atoms with E-state index < -0.39 is 0 Å². The maximum Gasteiger partial charge on any atom is 0.154 e. The Kier molecular flexibility index (Phi) is 4.69. The summed E-state index contributed by atoms with van der Waals surface area (Å²) in [7, 11) is 5.98. The molecule has 10 heteroatoms. The van der Waals surface area contributed by atoms with Crippen LogP contribution in [0.1, 0.15) is 30.4 Å². The van der Waals surface area contributed by atoms with E-state index in [9.17, 15) is 0 Å². The predicted octanol–water partition coefficient (Wildman–Crippen LogP) is 0.695. The first-order valence-corrected chi connectivity index (χ1v) is 9.06. The quantitative estimate of drug-likeness (QED) is 0.649. The zero-order chi connectivity index (χ0) is 18.8. The number of nitrogens with zero attached hydrogens (tertiary/aromatic N) is 10. The van der Waals surface area contributed by atoms with E-state index in [1.807, 2.05) is 32.2 Å². The summed E-state index contributed by atoms with van der Waals surface area (Å²) in [4.78, 5) is 17.3. The van der Waals surface area contributed by atoms with Crippen molar-refractivity contribution in [2.24, 2.45) is 7.05 Å². The predicted molar refractivity (Wildman–Crippen MR) is 101 cm³/mol. The van der Waals surface area contributed by atoms with E-state index in [4.69, 9.17) is 4.98 Å². The molecule has 0 amide bonds. The normalized spacial score (nSPS) is 15.3. The Hall–Kier alpha value is -3.04. The van der Waals surface area contributed by atoms with Crippen molar-refractivity contribution in [2.75, 3.05) is 37.0 Å². The van der Waals surface area contributed by atoms with Crippen molar-refractivity contribution in [3.05, 3.63) is 36.7 Å². The number of aromatic nitrogens is 8. The van der Waals surface area contributed by atoms with Crippen LogP contribution in [0.4, 0.5) is 11.6 Å². The molecule has 1 aliphatic rings. The smallest absolute Gasteiger partial charge is 0.154 e. The molecule has 1 saturated heterocycles. The highest BCUT2D eigenvalue weighted by Crippen LogP contribution is 2.29. The van der Waals surface area contributed by atoms with Crippen LogP contribution in [0.25, 0.3) is 0 Å². The van der Waals surface area contributed by atoms with Gasteiger partial charge in [-0.2, -0.15) is 5.10 Å². The molecule has 0 aromatic carbocycles. The van der Waals surface area contributed by atoms with E-state index in [1.54, 1.807) is 17.2 Å². The molecule has 4 rings (SSSR count). The highest BCUT2D eigenvalue weighted by Gasteiger charge is 2.26. The molecule has 0 N–H and O–H groups in total. The molecule has 4 heterocycles. The lowest BCUT2D eigenvalue weighted by Gasteiger charge is -2.32. The topological polar surface area (TPSA) is 93.7 Å². The monoisotopic (exact) mass is 368 g/mol. The van der Waals surface area contributed by atoms with E-state index in [2.05, 4.69) is 34.7 Å². The maximum atomic E-state index is 4.70. The van der Waals surface area contributed by atoms with E-state index in [0.717, 1.165) is 49.2 Å². The number of anilines is 2. The van der Waals surface area contributed by atoms with Gasteiger partial charge in [0.1, 0.15) is 36.7 Å². The summed E-state index contributed by atoms with van der Waals surface area (Å²) in [5, 5.41) is 12.9. The molecule has 3 aromatic rings. The van der Waals surface area contributed by atoms with Gasteiger partial charge >= 0.3 is 0 Å². The largest absolute Gasteiger partial charge is 0.361 e. The lowest BCUT2D eigenvalue weighted by molar-refractivity contribution is 0.469. The van der Waals surface area contributed by atoms with E-state index >= 15 is 0 Å². The molecule has 27 heavy (non-hydrogen) atoms. The third kappa shape index (κ3) is 3.60. The van der Waals surface area contributed by atoms with Crippen LogP contribution in [0.15, 0.2) is 25.0 Å². The Morgan fingerprint density at radius 1 is 1.11 bits per heavy atom. The molecular formula is C17H24N10. The number of piperidine rings is 1. The van der Waals surface area contributed by atoms with Gasteiger partial charge in [0.25, 0.3) is 0 Å². The average Bonchev–Trinajstić information content (AvgIpc) is 3.33. The highest BCUT2D eigenvalue weighted by atomic mass is 15.4. The van der Waals surface area contributed by atoms with Gasteiger partial charge in [-0.25, -0.2) is 14.6 Å². The second-order valence-electron chi connectivity index (χ2n) is 7.02. The average molecular weight is 368 g/mol.